The molecule has 4 aromatic rings. The Balaban J connectivity index is 1.40. The Labute approximate surface area is 279 Å². The second-order valence-corrected chi connectivity index (χ2v) is 11.7. The Hall–Kier alpha value is -5.76. The zero-order valence-corrected chi connectivity index (χ0v) is 27.7. The number of hydrogen-bond donors (Lipinski definition) is 2. The van der Waals surface area contributed by atoms with E-state index in [0.29, 0.717) is 40.9 Å². The van der Waals surface area contributed by atoms with Crippen LogP contribution in [0.25, 0.3) is 0 Å². The van der Waals surface area contributed by atoms with Gasteiger partial charge >= 0.3 is 0 Å². The first-order valence-electron chi connectivity index (χ1n) is 14.6. The predicted molar refractivity (Wildman–Crippen MR) is 181 cm³/mol. The molecule has 0 aromatic heterocycles. The maximum absolute atomic E-state index is 13.8. The van der Waals surface area contributed by atoms with Crippen LogP contribution in [0.2, 0.25) is 0 Å². The Morgan fingerprint density at radius 1 is 0.771 bits per heavy atom. The number of nitrogens with zero attached hydrogens (tertiary/aromatic N) is 2. The van der Waals surface area contributed by atoms with Crippen molar-refractivity contribution in [2.45, 2.75) is 11.8 Å². The van der Waals surface area contributed by atoms with E-state index in [1.54, 1.807) is 72.8 Å². The molecule has 2 N–H and O–H groups in total. The third-order valence-corrected chi connectivity index (χ3v) is 8.47. The van der Waals surface area contributed by atoms with E-state index in [1.165, 1.54) is 45.7 Å². The number of hydrogen-bond acceptors (Lipinski definition) is 10. The van der Waals surface area contributed by atoms with Crippen molar-refractivity contribution >= 4 is 39.4 Å². The first-order valence-corrected chi connectivity index (χ1v) is 16.1. The Morgan fingerprint density at radius 2 is 1.42 bits per heavy atom. The summed E-state index contributed by atoms with van der Waals surface area (Å²) in [7, 11) is 0.103. The van der Waals surface area contributed by atoms with Crippen LogP contribution in [0.4, 0.5) is 11.4 Å². The lowest BCUT2D eigenvalue weighted by molar-refractivity contribution is -0.119. The van der Waals surface area contributed by atoms with Gasteiger partial charge < -0.3 is 29.0 Å². The first kappa shape index (κ1) is 35.1. The molecule has 0 spiro atoms. The molecule has 252 valence electrons. The second-order valence-electron chi connectivity index (χ2n) is 9.85. The Bertz CT molecular complexity index is 1830. The summed E-state index contributed by atoms with van der Waals surface area (Å²) in [6.07, 6.45) is 1.39. The molecule has 48 heavy (non-hydrogen) atoms. The predicted octanol–water partition coefficient (Wildman–Crippen LogP) is 4.47. The van der Waals surface area contributed by atoms with Crippen LogP contribution in [0.15, 0.2) is 101 Å². The van der Waals surface area contributed by atoms with Gasteiger partial charge in [-0.2, -0.15) is 5.10 Å². The van der Waals surface area contributed by atoms with Crippen molar-refractivity contribution in [3.63, 3.8) is 0 Å². The summed E-state index contributed by atoms with van der Waals surface area (Å²) in [6, 6.07) is 24.2. The van der Waals surface area contributed by atoms with Gasteiger partial charge in [0.15, 0.2) is 18.1 Å². The minimum absolute atomic E-state index is 0.107. The van der Waals surface area contributed by atoms with Crippen molar-refractivity contribution in [3.05, 3.63) is 96.6 Å². The van der Waals surface area contributed by atoms with Crippen molar-refractivity contribution < 1.29 is 41.7 Å². The van der Waals surface area contributed by atoms with Gasteiger partial charge in [0.25, 0.3) is 21.8 Å². The smallest absolute Gasteiger partial charge is 0.264 e. The van der Waals surface area contributed by atoms with Crippen molar-refractivity contribution in [1.82, 2.24) is 5.43 Å². The highest BCUT2D eigenvalue weighted by atomic mass is 32.2. The third kappa shape index (κ3) is 9.16. The number of methoxy groups -OCH3 is 3. The molecule has 2 amide bonds. The Morgan fingerprint density at radius 3 is 2.08 bits per heavy atom. The van der Waals surface area contributed by atoms with Crippen LogP contribution in [-0.4, -0.2) is 67.5 Å². The molecule has 14 heteroatoms. The van der Waals surface area contributed by atoms with Crippen LogP contribution in [0.1, 0.15) is 12.5 Å². The average Bonchev–Trinajstić information content (AvgIpc) is 3.10. The largest absolute Gasteiger partial charge is 0.495 e. The molecule has 0 saturated heterocycles. The van der Waals surface area contributed by atoms with Gasteiger partial charge in [0, 0.05) is 6.07 Å². The number of carbonyl (C=O) groups excluding carboxylic acids is 2. The van der Waals surface area contributed by atoms with Crippen LogP contribution in [0.5, 0.6) is 28.7 Å². The molecule has 0 aliphatic rings. The quantitative estimate of drug-likeness (QED) is 0.129. The van der Waals surface area contributed by atoms with Crippen LogP contribution >= 0.6 is 0 Å². The molecule has 0 atom stereocenters. The lowest BCUT2D eigenvalue weighted by atomic mass is 10.2. The molecule has 0 aliphatic carbocycles. The number of hydrazone groups is 1. The summed E-state index contributed by atoms with van der Waals surface area (Å²) in [4.78, 5) is 25.2. The van der Waals surface area contributed by atoms with Gasteiger partial charge in [-0.25, -0.2) is 13.8 Å². The standard InChI is InChI=1S/C34H36N4O9S/c1-5-46-26-16-12-25(13-17-26)38(48(41,42)28-18-19-31(44-3)32(20-28)45-4)22-33(39)37-35-21-24-10-14-27(15-11-24)47-23-34(40)36-29-8-6-7-9-30(29)43-2/h6-21H,5,22-23H2,1-4H3,(H,36,40)(H,37,39)/b35-21-. The van der Waals surface area contributed by atoms with Crippen molar-refractivity contribution in [3.8, 4) is 28.7 Å². The fraction of sp³-hybridized carbons (Fsp3) is 0.206. The first-order chi connectivity index (χ1) is 23.2. The van der Waals surface area contributed by atoms with Gasteiger partial charge in [-0.3, -0.25) is 13.9 Å². The minimum atomic E-state index is -4.25. The van der Waals surface area contributed by atoms with Gasteiger partial charge in [0.05, 0.1) is 50.4 Å². The highest BCUT2D eigenvalue weighted by molar-refractivity contribution is 7.92. The number of para-hydroxylation sites is 2. The zero-order valence-electron chi connectivity index (χ0n) is 26.8. The SMILES string of the molecule is CCOc1ccc(N(CC(=O)N/N=C\c2ccc(OCC(=O)Nc3ccccc3OC)cc2)S(=O)(=O)c2ccc(OC)c(OC)c2)cc1. The molecule has 0 heterocycles. The molecule has 13 nitrogen and oxygen atoms in total. The van der Waals surface area contributed by atoms with E-state index in [1.807, 2.05) is 6.92 Å². The molecule has 0 unspecified atom stereocenters. The zero-order chi connectivity index (χ0) is 34.5. The van der Waals surface area contributed by atoms with Gasteiger partial charge in [-0.15, -0.1) is 0 Å². The average molecular weight is 677 g/mol. The number of amides is 2. The van der Waals surface area contributed by atoms with Gasteiger partial charge in [0.2, 0.25) is 0 Å². The van der Waals surface area contributed by atoms with Crippen LogP contribution in [0, 0.1) is 0 Å². The van der Waals surface area contributed by atoms with E-state index in [0.717, 1.165) is 4.31 Å². The summed E-state index contributed by atoms with van der Waals surface area (Å²) < 4.78 is 55.4. The van der Waals surface area contributed by atoms with Gasteiger partial charge in [0.1, 0.15) is 23.8 Å². The maximum Gasteiger partial charge on any atom is 0.264 e. The topological polar surface area (TPSA) is 154 Å². The van der Waals surface area contributed by atoms with E-state index in [2.05, 4.69) is 15.8 Å². The highest BCUT2D eigenvalue weighted by Crippen LogP contribution is 2.32. The Kier molecular flexibility index (Phi) is 12.2. The number of nitrogens with one attached hydrogen (secondary N) is 2. The summed E-state index contributed by atoms with van der Waals surface area (Å²) in [5, 5.41) is 6.71. The number of benzene rings is 4. The minimum Gasteiger partial charge on any atom is -0.495 e. The van der Waals surface area contributed by atoms with Crippen molar-refractivity contribution in [1.29, 1.82) is 0 Å². The van der Waals surface area contributed by atoms with E-state index in [9.17, 15) is 18.0 Å². The van der Waals surface area contributed by atoms with Gasteiger partial charge in [-0.1, -0.05) is 12.1 Å². The molecule has 4 aromatic carbocycles. The number of ether oxygens (including phenoxy) is 5. The monoisotopic (exact) mass is 676 g/mol. The second kappa shape index (κ2) is 16.7. The van der Waals surface area contributed by atoms with E-state index >= 15 is 0 Å². The number of sulfonamides is 1. The molecular formula is C34H36N4O9S. The van der Waals surface area contributed by atoms with Crippen LogP contribution < -0.4 is 38.7 Å². The molecule has 0 bridgehead atoms. The van der Waals surface area contributed by atoms with Crippen LogP contribution in [-0.2, 0) is 19.6 Å². The fourth-order valence-corrected chi connectivity index (χ4v) is 5.81. The molecule has 0 aliphatic heterocycles. The third-order valence-electron chi connectivity index (χ3n) is 6.70. The highest BCUT2D eigenvalue weighted by Gasteiger charge is 2.28. The number of anilines is 2. The lowest BCUT2D eigenvalue weighted by Gasteiger charge is -2.24. The summed E-state index contributed by atoms with van der Waals surface area (Å²) in [5.41, 5.74) is 3.76. The molecule has 0 saturated carbocycles. The molecule has 4 rings (SSSR count). The van der Waals surface area contributed by atoms with Gasteiger partial charge in [-0.05, 0) is 85.3 Å². The molecule has 0 fully saturated rings. The normalized spacial score (nSPS) is 11.0. The summed E-state index contributed by atoms with van der Waals surface area (Å²) >= 11 is 0. The number of rotatable bonds is 16. The summed E-state index contributed by atoms with van der Waals surface area (Å²) in [5.74, 6) is 1.04. The van der Waals surface area contributed by atoms with Crippen molar-refractivity contribution in [2.75, 3.05) is 50.7 Å². The molecular weight excluding hydrogens is 640 g/mol. The molecule has 0 radical (unpaired) electrons. The van der Waals surface area contributed by atoms with E-state index in [-0.39, 0.29) is 28.8 Å². The lowest BCUT2D eigenvalue weighted by Crippen LogP contribution is -2.39. The fourth-order valence-electron chi connectivity index (χ4n) is 4.37. The van der Waals surface area contributed by atoms with Crippen molar-refractivity contribution in [2.24, 2.45) is 5.10 Å². The summed E-state index contributed by atoms with van der Waals surface area (Å²) in [6.45, 7) is 1.47. The van der Waals surface area contributed by atoms with Crippen LogP contribution in [0.3, 0.4) is 0 Å². The van der Waals surface area contributed by atoms with E-state index < -0.39 is 22.5 Å². The maximum atomic E-state index is 13.8. The number of carbonyl (C=O) groups is 2. The van der Waals surface area contributed by atoms with E-state index in [4.69, 9.17) is 23.7 Å².